The summed E-state index contributed by atoms with van der Waals surface area (Å²) in [6, 6.07) is 11.3. The fraction of sp³-hybridized carbons (Fsp3) is 0.200. The highest BCUT2D eigenvalue weighted by atomic mass is 16.3. The highest BCUT2D eigenvalue weighted by Gasteiger charge is 2.23. The van der Waals surface area contributed by atoms with Crippen LogP contribution in [-0.4, -0.2) is 22.5 Å². The zero-order valence-corrected chi connectivity index (χ0v) is 11.1. The largest absolute Gasteiger partial charge is 0.389 e. The van der Waals surface area contributed by atoms with Crippen LogP contribution in [0.15, 0.2) is 42.6 Å². The number of hydrogen-bond acceptors (Lipinski definition) is 4. The van der Waals surface area contributed by atoms with Gasteiger partial charge in [0.15, 0.2) is 0 Å². The van der Waals surface area contributed by atoms with Gasteiger partial charge in [0, 0.05) is 6.20 Å². The molecule has 0 aliphatic carbocycles. The number of para-hydroxylation sites is 2. The van der Waals surface area contributed by atoms with Crippen LogP contribution in [0.1, 0.15) is 18.6 Å². The minimum absolute atomic E-state index is 0.0647. The maximum Gasteiger partial charge on any atom is 0.244 e. The van der Waals surface area contributed by atoms with Crippen molar-refractivity contribution in [1.29, 1.82) is 0 Å². The van der Waals surface area contributed by atoms with Gasteiger partial charge in [-0.1, -0.05) is 18.2 Å². The number of anilines is 3. The molecule has 0 spiro atoms. The molecule has 102 valence electrons. The first-order valence-electron chi connectivity index (χ1n) is 6.45. The van der Waals surface area contributed by atoms with Crippen LogP contribution in [0.25, 0.3) is 0 Å². The van der Waals surface area contributed by atoms with Gasteiger partial charge in [-0.25, -0.2) is 4.98 Å². The Labute approximate surface area is 116 Å². The third-order valence-corrected chi connectivity index (χ3v) is 3.30. The van der Waals surface area contributed by atoms with E-state index < -0.39 is 6.10 Å². The Kier molecular flexibility index (Phi) is 3.12. The van der Waals surface area contributed by atoms with Crippen LogP contribution in [0, 0.1) is 0 Å². The number of nitrogens with one attached hydrogen (secondary N) is 1. The number of carbonyl (C=O) groups excluding carboxylic acids is 1. The molecule has 1 amide bonds. The van der Waals surface area contributed by atoms with Gasteiger partial charge in [-0.15, -0.1) is 0 Å². The second-order valence-corrected chi connectivity index (χ2v) is 4.78. The van der Waals surface area contributed by atoms with Gasteiger partial charge in [-0.3, -0.25) is 4.79 Å². The molecule has 1 aromatic heterocycles. The maximum absolute atomic E-state index is 11.8. The van der Waals surface area contributed by atoms with Crippen molar-refractivity contribution in [3.8, 4) is 0 Å². The summed E-state index contributed by atoms with van der Waals surface area (Å²) in [6.07, 6.45) is 1.09. The minimum atomic E-state index is -0.548. The van der Waals surface area contributed by atoms with E-state index in [1.807, 2.05) is 41.3 Å². The molecule has 0 radical (unpaired) electrons. The number of aliphatic hydroxyl groups excluding tert-OH is 1. The van der Waals surface area contributed by atoms with Gasteiger partial charge in [0.05, 0.1) is 17.5 Å². The summed E-state index contributed by atoms with van der Waals surface area (Å²) < 4.78 is 0. The Bertz CT molecular complexity index is 638. The van der Waals surface area contributed by atoms with E-state index in [1.165, 1.54) is 0 Å². The summed E-state index contributed by atoms with van der Waals surface area (Å²) in [4.78, 5) is 18.0. The van der Waals surface area contributed by atoms with Gasteiger partial charge in [0.1, 0.15) is 12.4 Å². The van der Waals surface area contributed by atoms with Gasteiger partial charge < -0.3 is 15.3 Å². The van der Waals surface area contributed by atoms with E-state index in [4.69, 9.17) is 0 Å². The molecule has 0 fully saturated rings. The van der Waals surface area contributed by atoms with Crippen molar-refractivity contribution in [3.05, 3.63) is 48.2 Å². The third-order valence-electron chi connectivity index (χ3n) is 3.30. The molecule has 1 aromatic carbocycles. The molecule has 2 aromatic rings. The molecule has 2 N–H and O–H groups in total. The molecule has 3 rings (SSSR count). The van der Waals surface area contributed by atoms with E-state index in [-0.39, 0.29) is 12.5 Å². The Hall–Kier alpha value is -2.40. The van der Waals surface area contributed by atoms with E-state index in [2.05, 4.69) is 10.3 Å². The number of hydrogen-bond donors (Lipinski definition) is 2. The van der Waals surface area contributed by atoms with E-state index in [0.29, 0.717) is 5.82 Å². The van der Waals surface area contributed by atoms with Crippen molar-refractivity contribution < 1.29 is 9.90 Å². The summed E-state index contributed by atoms with van der Waals surface area (Å²) in [7, 11) is 0. The van der Waals surface area contributed by atoms with Gasteiger partial charge >= 0.3 is 0 Å². The van der Waals surface area contributed by atoms with Gasteiger partial charge in [-0.05, 0) is 30.7 Å². The normalized spacial score (nSPS) is 15.5. The molecule has 2 heterocycles. The van der Waals surface area contributed by atoms with Crippen LogP contribution < -0.4 is 10.2 Å². The number of benzene rings is 1. The fourth-order valence-corrected chi connectivity index (χ4v) is 2.24. The summed E-state index contributed by atoms with van der Waals surface area (Å²) in [5, 5.41) is 12.3. The van der Waals surface area contributed by atoms with Crippen LogP contribution in [0.2, 0.25) is 0 Å². The summed E-state index contributed by atoms with van der Waals surface area (Å²) in [6.45, 7) is 1.93. The first-order chi connectivity index (χ1) is 9.65. The average Bonchev–Trinajstić information content (AvgIpc) is 2.46. The highest BCUT2D eigenvalue weighted by molar-refractivity contribution is 6.02. The molecule has 20 heavy (non-hydrogen) atoms. The standard InChI is InChI=1S/C15H15N3O2/c1-10(19)11-6-7-14(16-8-11)18-9-15(20)17-12-4-2-3-5-13(12)18/h2-8,10,19H,9H2,1H3,(H,17,20)/t10-/m1/s1. The van der Waals surface area contributed by atoms with Crippen LogP contribution >= 0.6 is 0 Å². The molecule has 0 saturated heterocycles. The summed E-state index contributed by atoms with van der Waals surface area (Å²) in [5.41, 5.74) is 2.46. The van der Waals surface area contributed by atoms with E-state index in [0.717, 1.165) is 16.9 Å². The van der Waals surface area contributed by atoms with Gasteiger partial charge in [0.25, 0.3) is 0 Å². The number of pyridine rings is 1. The first kappa shape index (κ1) is 12.6. The van der Waals surface area contributed by atoms with Gasteiger partial charge in [0.2, 0.25) is 5.91 Å². The van der Waals surface area contributed by atoms with E-state index >= 15 is 0 Å². The lowest BCUT2D eigenvalue weighted by Gasteiger charge is -2.30. The smallest absolute Gasteiger partial charge is 0.244 e. The van der Waals surface area contributed by atoms with E-state index in [1.54, 1.807) is 13.1 Å². The molecule has 0 bridgehead atoms. The van der Waals surface area contributed by atoms with Crippen molar-refractivity contribution in [2.24, 2.45) is 0 Å². The molecule has 1 aliphatic heterocycles. The van der Waals surface area contributed by atoms with Gasteiger partial charge in [-0.2, -0.15) is 0 Å². The monoisotopic (exact) mass is 269 g/mol. The Morgan fingerprint density at radius 1 is 1.30 bits per heavy atom. The Morgan fingerprint density at radius 2 is 2.10 bits per heavy atom. The average molecular weight is 269 g/mol. The quantitative estimate of drug-likeness (QED) is 0.877. The Morgan fingerprint density at radius 3 is 2.80 bits per heavy atom. The minimum Gasteiger partial charge on any atom is -0.389 e. The second kappa shape index (κ2) is 4.94. The molecule has 0 saturated carbocycles. The van der Waals surface area contributed by atoms with Crippen LogP contribution in [0.4, 0.5) is 17.2 Å². The second-order valence-electron chi connectivity index (χ2n) is 4.78. The number of aliphatic hydroxyl groups is 1. The number of rotatable bonds is 2. The van der Waals surface area contributed by atoms with Crippen molar-refractivity contribution in [3.63, 3.8) is 0 Å². The van der Waals surface area contributed by atoms with Crippen molar-refractivity contribution in [2.75, 3.05) is 16.8 Å². The first-order valence-corrected chi connectivity index (χ1v) is 6.45. The predicted molar refractivity (Wildman–Crippen MR) is 76.9 cm³/mol. The Balaban J connectivity index is 1.99. The van der Waals surface area contributed by atoms with E-state index in [9.17, 15) is 9.90 Å². The van der Waals surface area contributed by atoms with Crippen LogP contribution in [-0.2, 0) is 4.79 Å². The maximum atomic E-state index is 11.8. The predicted octanol–water partition coefficient (Wildman–Crippen LogP) is 2.23. The highest BCUT2D eigenvalue weighted by Crippen LogP contribution is 2.33. The summed E-state index contributed by atoms with van der Waals surface area (Å²) in [5.74, 6) is 0.627. The van der Waals surface area contributed by atoms with Crippen LogP contribution in [0.5, 0.6) is 0 Å². The van der Waals surface area contributed by atoms with Crippen molar-refractivity contribution in [2.45, 2.75) is 13.0 Å². The molecule has 1 atom stereocenters. The van der Waals surface area contributed by atoms with Crippen molar-refractivity contribution >= 4 is 23.1 Å². The summed E-state index contributed by atoms with van der Waals surface area (Å²) >= 11 is 0. The number of fused-ring (bicyclic) bond motifs is 1. The SMILES string of the molecule is C[C@@H](O)c1ccc(N2CC(=O)Nc3ccccc32)nc1. The van der Waals surface area contributed by atoms with Crippen LogP contribution in [0.3, 0.4) is 0 Å². The molecule has 5 heteroatoms. The van der Waals surface area contributed by atoms with Crippen molar-refractivity contribution in [1.82, 2.24) is 4.98 Å². The lowest BCUT2D eigenvalue weighted by atomic mass is 10.1. The zero-order chi connectivity index (χ0) is 14.1. The number of nitrogens with zero attached hydrogens (tertiary/aromatic N) is 2. The molecule has 1 aliphatic rings. The number of carbonyl (C=O) groups is 1. The topological polar surface area (TPSA) is 65.5 Å². The third kappa shape index (κ3) is 2.23. The number of aromatic nitrogens is 1. The lowest BCUT2D eigenvalue weighted by molar-refractivity contribution is -0.115. The molecular weight excluding hydrogens is 254 g/mol. The fourth-order valence-electron chi connectivity index (χ4n) is 2.24. The molecular formula is C15H15N3O2. The number of amides is 1. The lowest BCUT2D eigenvalue weighted by Crippen LogP contribution is -2.35. The molecule has 0 unspecified atom stereocenters. The molecule has 5 nitrogen and oxygen atoms in total. The zero-order valence-electron chi connectivity index (χ0n) is 11.1.